The fraction of sp³-hybridized carbons (Fsp3) is 0.455. The van der Waals surface area contributed by atoms with Gasteiger partial charge in [0, 0.05) is 13.1 Å². The van der Waals surface area contributed by atoms with Gasteiger partial charge in [0.25, 0.3) is 0 Å². The van der Waals surface area contributed by atoms with E-state index in [1.54, 1.807) is 0 Å². The molecule has 2 rings (SSSR count). The molecule has 0 fully saturated rings. The number of sulfonamides is 1. The van der Waals surface area contributed by atoms with E-state index in [1.165, 1.54) is 18.4 Å². The van der Waals surface area contributed by atoms with Crippen molar-refractivity contribution in [3.63, 3.8) is 0 Å². The average molecular weight is 315 g/mol. The standard InChI is InChI=1S/C11H17N5O2S2/c1-3-13-11-15-9(8-4-6-19-10(8)16-11)14-5-7-20(17,18)12-2/h4,6,12H,3,5,7H2,1-2H3,(H2,13,14,15,16). The van der Waals surface area contributed by atoms with E-state index < -0.39 is 10.0 Å². The van der Waals surface area contributed by atoms with E-state index in [-0.39, 0.29) is 12.3 Å². The second kappa shape index (κ2) is 6.33. The van der Waals surface area contributed by atoms with E-state index in [2.05, 4.69) is 25.3 Å². The maximum absolute atomic E-state index is 11.4. The summed E-state index contributed by atoms with van der Waals surface area (Å²) in [6.07, 6.45) is 0. The van der Waals surface area contributed by atoms with E-state index in [4.69, 9.17) is 0 Å². The minimum absolute atomic E-state index is 0.00429. The van der Waals surface area contributed by atoms with Crippen LogP contribution in [0.4, 0.5) is 11.8 Å². The summed E-state index contributed by atoms with van der Waals surface area (Å²) in [5.41, 5.74) is 0. The molecule has 7 nitrogen and oxygen atoms in total. The summed E-state index contributed by atoms with van der Waals surface area (Å²) in [7, 11) is -1.82. The van der Waals surface area contributed by atoms with Gasteiger partial charge in [0.1, 0.15) is 10.6 Å². The lowest BCUT2D eigenvalue weighted by Crippen LogP contribution is -2.26. The van der Waals surface area contributed by atoms with Gasteiger partial charge >= 0.3 is 0 Å². The van der Waals surface area contributed by atoms with E-state index in [0.29, 0.717) is 11.8 Å². The van der Waals surface area contributed by atoms with Crippen molar-refractivity contribution in [1.29, 1.82) is 0 Å². The van der Waals surface area contributed by atoms with Crippen LogP contribution in [-0.2, 0) is 10.0 Å². The third kappa shape index (κ3) is 3.56. The maximum Gasteiger partial charge on any atom is 0.226 e. The highest BCUT2D eigenvalue weighted by Gasteiger charge is 2.10. The molecule has 0 aliphatic carbocycles. The summed E-state index contributed by atoms with van der Waals surface area (Å²) >= 11 is 1.52. The average Bonchev–Trinajstić information content (AvgIpc) is 2.87. The molecule has 0 aliphatic heterocycles. The lowest BCUT2D eigenvalue weighted by Gasteiger charge is -2.09. The summed E-state index contributed by atoms with van der Waals surface area (Å²) in [6, 6.07) is 1.92. The molecule has 0 atom stereocenters. The van der Waals surface area contributed by atoms with E-state index >= 15 is 0 Å². The highest BCUT2D eigenvalue weighted by atomic mass is 32.2. The molecule has 9 heteroatoms. The third-order valence-electron chi connectivity index (χ3n) is 2.63. The number of rotatable bonds is 7. The minimum atomic E-state index is -3.22. The lowest BCUT2D eigenvalue weighted by atomic mass is 10.4. The van der Waals surface area contributed by atoms with Crippen LogP contribution in [0.5, 0.6) is 0 Å². The molecule has 0 spiro atoms. The number of hydrogen-bond acceptors (Lipinski definition) is 7. The van der Waals surface area contributed by atoms with Crippen molar-refractivity contribution in [3.05, 3.63) is 11.4 Å². The van der Waals surface area contributed by atoms with Crippen molar-refractivity contribution < 1.29 is 8.42 Å². The van der Waals surface area contributed by atoms with Crippen molar-refractivity contribution in [2.75, 3.05) is 36.5 Å². The minimum Gasteiger partial charge on any atom is -0.368 e. The molecule has 0 unspecified atom stereocenters. The van der Waals surface area contributed by atoms with Gasteiger partial charge in [-0.2, -0.15) is 4.98 Å². The van der Waals surface area contributed by atoms with Crippen LogP contribution in [0.25, 0.3) is 10.2 Å². The van der Waals surface area contributed by atoms with Crippen LogP contribution in [0.2, 0.25) is 0 Å². The summed E-state index contributed by atoms with van der Waals surface area (Å²) in [5.74, 6) is 1.19. The smallest absolute Gasteiger partial charge is 0.226 e. The number of aromatic nitrogens is 2. The number of thiophene rings is 1. The molecule has 2 aromatic rings. The van der Waals surface area contributed by atoms with Crippen LogP contribution in [0.15, 0.2) is 11.4 Å². The molecule has 2 heterocycles. The van der Waals surface area contributed by atoms with Gasteiger partial charge in [-0.1, -0.05) is 0 Å². The first-order chi connectivity index (χ1) is 9.55. The first-order valence-corrected chi connectivity index (χ1v) is 8.73. The molecule has 2 aromatic heterocycles. The fourth-order valence-corrected chi connectivity index (χ4v) is 2.97. The highest BCUT2D eigenvalue weighted by molar-refractivity contribution is 7.89. The molecule has 110 valence electrons. The number of fused-ring (bicyclic) bond motifs is 1. The normalized spacial score (nSPS) is 11.7. The molecule has 0 saturated heterocycles. The first-order valence-electron chi connectivity index (χ1n) is 6.20. The Labute approximate surface area is 121 Å². The molecule has 0 saturated carbocycles. The van der Waals surface area contributed by atoms with Gasteiger partial charge in [0.05, 0.1) is 11.1 Å². The molecule has 20 heavy (non-hydrogen) atoms. The van der Waals surface area contributed by atoms with Crippen LogP contribution >= 0.6 is 11.3 Å². The summed E-state index contributed by atoms with van der Waals surface area (Å²) in [4.78, 5) is 9.62. The SMILES string of the molecule is CCNc1nc(NCCS(=O)(=O)NC)c2ccsc2n1. The van der Waals surface area contributed by atoms with Gasteiger partial charge < -0.3 is 10.6 Å². The Morgan fingerprint density at radius 2 is 2.10 bits per heavy atom. The monoisotopic (exact) mass is 315 g/mol. The summed E-state index contributed by atoms with van der Waals surface area (Å²) < 4.78 is 25.0. The lowest BCUT2D eigenvalue weighted by molar-refractivity contribution is 0.588. The molecule has 0 aliphatic rings. The fourth-order valence-electron chi connectivity index (χ4n) is 1.63. The van der Waals surface area contributed by atoms with Gasteiger partial charge in [0.2, 0.25) is 16.0 Å². The van der Waals surface area contributed by atoms with Gasteiger partial charge in [-0.15, -0.1) is 11.3 Å². The number of hydrogen-bond donors (Lipinski definition) is 3. The number of anilines is 2. The topological polar surface area (TPSA) is 96.0 Å². The maximum atomic E-state index is 11.4. The Morgan fingerprint density at radius 1 is 1.30 bits per heavy atom. The number of nitrogens with one attached hydrogen (secondary N) is 3. The molecular formula is C11H17N5O2S2. The van der Waals surface area contributed by atoms with Crippen molar-refractivity contribution in [2.45, 2.75) is 6.92 Å². The zero-order valence-corrected chi connectivity index (χ0v) is 12.9. The predicted molar refractivity (Wildman–Crippen MR) is 82.9 cm³/mol. The largest absolute Gasteiger partial charge is 0.368 e. The Balaban J connectivity index is 2.17. The van der Waals surface area contributed by atoms with Gasteiger partial charge in [0.15, 0.2) is 0 Å². The Hall–Kier alpha value is -1.45. The second-order valence-corrected chi connectivity index (χ2v) is 6.96. The summed E-state index contributed by atoms with van der Waals surface area (Å²) in [6.45, 7) is 2.98. The molecule has 0 amide bonds. The van der Waals surface area contributed by atoms with Crippen molar-refractivity contribution in [1.82, 2.24) is 14.7 Å². The third-order valence-corrected chi connectivity index (χ3v) is 4.80. The zero-order valence-electron chi connectivity index (χ0n) is 11.3. The molecule has 0 bridgehead atoms. The van der Waals surface area contributed by atoms with Crippen molar-refractivity contribution in [3.8, 4) is 0 Å². The molecule has 0 aromatic carbocycles. The quantitative estimate of drug-likeness (QED) is 0.708. The molecular weight excluding hydrogens is 298 g/mol. The highest BCUT2D eigenvalue weighted by Crippen LogP contribution is 2.26. The van der Waals surface area contributed by atoms with E-state index in [1.807, 2.05) is 18.4 Å². The van der Waals surface area contributed by atoms with Crippen LogP contribution in [0, 0.1) is 0 Å². The van der Waals surface area contributed by atoms with Gasteiger partial charge in [-0.25, -0.2) is 18.1 Å². The van der Waals surface area contributed by atoms with Crippen LogP contribution in [-0.4, -0.2) is 44.3 Å². The van der Waals surface area contributed by atoms with Gasteiger partial charge in [-0.3, -0.25) is 0 Å². The predicted octanol–water partition coefficient (Wildman–Crippen LogP) is 1.08. The summed E-state index contributed by atoms with van der Waals surface area (Å²) in [5, 5.41) is 8.96. The Bertz CT molecular complexity index is 683. The Kier molecular flexibility index (Phi) is 4.73. The molecule has 3 N–H and O–H groups in total. The molecule has 0 radical (unpaired) electrons. The van der Waals surface area contributed by atoms with Crippen molar-refractivity contribution >= 4 is 43.3 Å². The van der Waals surface area contributed by atoms with E-state index in [0.717, 1.165) is 16.8 Å². The van der Waals surface area contributed by atoms with Crippen LogP contribution < -0.4 is 15.4 Å². The zero-order chi connectivity index (χ0) is 14.6. The van der Waals surface area contributed by atoms with Crippen LogP contribution in [0.1, 0.15) is 6.92 Å². The van der Waals surface area contributed by atoms with Crippen LogP contribution in [0.3, 0.4) is 0 Å². The van der Waals surface area contributed by atoms with E-state index in [9.17, 15) is 8.42 Å². The van der Waals surface area contributed by atoms with Crippen molar-refractivity contribution in [2.24, 2.45) is 0 Å². The second-order valence-electron chi connectivity index (χ2n) is 4.02. The Morgan fingerprint density at radius 3 is 2.80 bits per heavy atom. The van der Waals surface area contributed by atoms with Gasteiger partial charge in [-0.05, 0) is 25.4 Å². The number of nitrogens with zero attached hydrogens (tertiary/aromatic N) is 2. The first kappa shape index (κ1) is 14.9.